The Kier molecular flexibility index (Phi) is 6.28. The molecule has 12 heteroatoms. The summed E-state index contributed by atoms with van der Waals surface area (Å²) in [6.07, 6.45) is -5.47. The molecule has 2 aromatic rings. The lowest BCUT2D eigenvalue weighted by atomic mass is 9.94. The van der Waals surface area contributed by atoms with Gasteiger partial charge in [0.15, 0.2) is 0 Å². The van der Waals surface area contributed by atoms with Gasteiger partial charge in [-0.05, 0) is 48.1 Å². The van der Waals surface area contributed by atoms with E-state index in [2.05, 4.69) is 10.6 Å². The van der Waals surface area contributed by atoms with E-state index in [1.807, 2.05) is 0 Å². The number of imide groups is 1. The number of urea groups is 1. The fourth-order valence-corrected chi connectivity index (χ4v) is 5.45. The molecule has 2 heterocycles. The van der Waals surface area contributed by atoms with Gasteiger partial charge in [-0.15, -0.1) is 0 Å². The Labute approximate surface area is 215 Å². The predicted octanol–water partition coefficient (Wildman–Crippen LogP) is 3.46. The number of carbonyl (C=O) groups excluding carboxylic acids is 4. The van der Waals surface area contributed by atoms with E-state index < -0.39 is 48.3 Å². The van der Waals surface area contributed by atoms with Crippen molar-refractivity contribution < 1.29 is 37.1 Å². The average molecular weight is 531 g/mol. The van der Waals surface area contributed by atoms with Gasteiger partial charge in [-0.25, -0.2) is 14.5 Å². The molecule has 0 unspecified atom stereocenters. The van der Waals surface area contributed by atoms with Crippen molar-refractivity contribution in [1.82, 2.24) is 15.1 Å². The third-order valence-electron chi connectivity index (χ3n) is 7.36. The summed E-state index contributed by atoms with van der Waals surface area (Å²) in [6, 6.07) is 9.12. The van der Waals surface area contributed by atoms with Crippen LogP contribution in [-0.4, -0.2) is 59.5 Å². The number of halogens is 3. The SMILES string of the molecule is CNC(=O)Nc1ccc2c(c1)CC[C@@]21OC(=O)N(CC(=O)N2Cc3ccccc3CC[C@@H]2C(F)(F)F)C1=O. The molecule has 0 aromatic heterocycles. The lowest BCUT2D eigenvalue weighted by Gasteiger charge is -2.32. The van der Waals surface area contributed by atoms with E-state index >= 15 is 0 Å². The molecule has 2 aromatic carbocycles. The third-order valence-corrected chi connectivity index (χ3v) is 7.36. The maximum Gasteiger partial charge on any atom is 0.418 e. The molecule has 1 saturated heterocycles. The van der Waals surface area contributed by atoms with E-state index in [1.54, 1.807) is 42.5 Å². The van der Waals surface area contributed by atoms with Crippen molar-refractivity contribution in [3.63, 3.8) is 0 Å². The number of rotatable bonds is 3. The van der Waals surface area contributed by atoms with Crippen LogP contribution in [0.5, 0.6) is 0 Å². The van der Waals surface area contributed by atoms with E-state index in [-0.39, 0.29) is 25.8 Å². The van der Waals surface area contributed by atoms with Crippen LogP contribution in [0.1, 0.15) is 35.1 Å². The average Bonchev–Trinajstić information content (AvgIpc) is 3.24. The Hall–Kier alpha value is -4.09. The van der Waals surface area contributed by atoms with Crippen LogP contribution in [0, 0.1) is 0 Å². The van der Waals surface area contributed by atoms with Crippen LogP contribution in [0.3, 0.4) is 0 Å². The van der Waals surface area contributed by atoms with Gasteiger partial charge in [-0.1, -0.05) is 30.3 Å². The van der Waals surface area contributed by atoms with Crippen LogP contribution in [0.15, 0.2) is 42.5 Å². The molecule has 0 radical (unpaired) electrons. The minimum Gasteiger partial charge on any atom is -0.427 e. The van der Waals surface area contributed by atoms with E-state index in [0.29, 0.717) is 38.6 Å². The zero-order valence-electron chi connectivity index (χ0n) is 20.4. The van der Waals surface area contributed by atoms with Gasteiger partial charge in [-0.3, -0.25) is 9.59 Å². The van der Waals surface area contributed by atoms with E-state index in [9.17, 15) is 32.3 Å². The van der Waals surface area contributed by atoms with E-state index in [0.717, 1.165) is 5.56 Å². The zero-order valence-corrected chi connectivity index (χ0v) is 20.4. The predicted molar refractivity (Wildman–Crippen MR) is 128 cm³/mol. The highest BCUT2D eigenvalue weighted by molar-refractivity contribution is 6.06. The fourth-order valence-electron chi connectivity index (χ4n) is 5.45. The van der Waals surface area contributed by atoms with Gasteiger partial charge >= 0.3 is 18.3 Å². The lowest BCUT2D eigenvalue weighted by molar-refractivity contribution is -0.192. The van der Waals surface area contributed by atoms with Gasteiger partial charge in [0, 0.05) is 31.3 Å². The second-order valence-electron chi connectivity index (χ2n) is 9.55. The van der Waals surface area contributed by atoms with Crippen LogP contribution in [-0.2, 0) is 39.3 Å². The van der Waals surface area contributed by atoms with Crippen molar-refractivity contribution in [2.24, 2.45) is 0 Å². The third kappa shape index (κ3) is 4.33. The van der Waals surface area contributed by atoms with Crippen molar-refractivity contribution in [3.05, 3.63) is 64.7 Å². The maximum absolute atomic E-state index is 14.0. The first-order valence-electron chi connectivity index (χ1n) is 12.1. The fraction of sp³-hybridized carbons (Fsp3) is 0.385. The molecule has 5 rings (SSSR count). The Morgan fingerprint density at radius 1 is 1.08 bits per heavy atom. The van der Waals surface area contributed by atoms with Gasteiger partial charge in [0.2, 0.25) is 11.5 Å². The van der Waals surface area contributed by atoms with Crippen LogP contribution in [0.2, 0.25) is 0 Å². The molecule has 2 atom stereocenters. The summed E-state index contributed by atoms with van der Waals surface area (Å²) in [7, 11) is 1.46. The molecule has 1 fully saturated rings. The highest BCUT2D eigenvalue weighted by Gasteiger charge is 2.59. The van der Waals surface area contributed by atoms with E-state index in [4.69, 9.17) is 4.74 Å². The molecule has 200 valence electrons. The normalized spacial score (nSPS) is 22.6. The molecule has 0 saturated carbocycles. The molecule has 1 aliphatic carbocycles. The summed E-state index contributed by atoms with van der Waals surface area (Å²) in [5.41, 5.74) is 1.22. The number of hydrogen-bond donors (Lipinski definition) is 2. The molecule has 5 amide bonds. The van der Waals surface area contributed by atoms with Crippen LogP contribution in [0.4, 0.5) is 28.4 Å². The van der Waals surface area contributed by atoms with Gasteiger partial charge in [0.05, 0.1) is 0 Å². The number of anilines is 1. The number of fused-ring (bicyclic) bond motifs is 3. The van der Waals surface area contributed by atoms with Crippen molar-refractivity contribution in [2.45, 2.75) is 50.0 Å². The summed E-state index contributed by atoms with van der Waals surface area (Å²) >= 11 is 0. The monoisotopic (exact) mass is 530 g/mol. The van der Waals surface area contributed by atoms with Crippen molar-refractivity contribution in [2.75, 3.05) is 18.9 Å². The standard InChI is InChI=1S/C26H25F3N4O5/c1-30-23(36)31-18-7-8-19-16(12-18)10-11-25(19)22(35)33(24(37)38-25)14-21(34)32-13-17-5-3-2-4-15(17)6-9-20(32)26(27,28)29/h2-5,7-8,12,20H,6,9-11,13-14H2,1H3,(H2,30,31,36)/t20-,25-/m1/s1. The number of benzene rings is 2. The number of nitrogens with zero attached hydrogens (tertiary/aromatic N) is 2. The molecule has 2 aliphatic heterocycles. The smallest absolute Gasteiger partial charge is 0.418 e. The summed E-state index contributed by atoms with van der Waals surface area (Å²) in [6.45, 7) is -1.15. The second-order valence-corrected chi connectivity index (χ2v) is 9.55. The molecule has 9 nitrogen and oxygen atoms in total. The van der Waals surface area contributed by atoms with Gasteiger partial charge < -0.3 is 20.3 Å². The van der Waals surface area contributed by atoms with Crippen LogP contribution >= 0.6 is 0 Å². The molecule has 0 bridgehead atoms. The second kappa shape index (κ2) is 9.34. The van der Waals surface area contributed by atoms with Gasteiger partial charge in [0.1, 0.15) is 12.6 Å². The Bertz CT molecular complexity index is 1330. The van der Waals surface area contributed by atoms with Crippen molar-refractivity contribution in [1.29, 1.82) is 0 Å². The highest BCUT2D eigenvalue weighted by Crippen LogP contribution is 2.46. The first kappa shape index (κ1) is 25.6. The number of hydrogen-bond acceptors (Lipinski definition) is 5. The first-order chi connectivity index (χ1) is 18.0. The Morgan fingerprint density at radius 2 is 1.82 bits per heavy atom. The maximum atomic E-state index is 14.0. The van der Waals surface area contributed by atoms with E-state index in [1.165, 1.54) is 7.05 Å². The molecular weight excluding hydrogens is 505 g/mol. The zero-order chi connectivity index (χ0) is 27.2. The first-order valence-corrected chi connectivity index (χ1v) is 12.1. The minimum atomic E-state index is -4.68. The van der Waals surface area contributed by atoms with Crippen LogP contribution in [0.25, 0.3) is 0 Å². The molecule has 3 aliphatic rings. The topological polar surface area (TPSA) is 108 Å². The quantitative estimate of drug-likeness (QED) is 0.632. The summed E-state index contributed by atoms with van der Waals surface area (Å²) in [5, 5.41) is 5.05. The van der Waals surface area contributed by atoms with Gasteiger partial charge in [0.25, 0.3) is 5.91 Å². The minimum absolute atomic E-state index is 0.114. The number of alkyl halides is 3. The number of nitrogens with one attached hydrogen (secondary N) is 2. The lowest BCUT2D eigenvalue weighted by Crippen LogP contribution is -2.52. The van der Waals surface area contributed by atoms with Crippen LogP contribution < -0.4 is 10.6 Å². The molecular formula is C26H25F3N4O5. The molecule has 2 N–H and O–H groups in total. The number of ether oxygens (including phenoxy) is 1. The molecule has 1 spiro atoms. The summed E-state index contributed by atoms with van der Waals surface area (Å²) in [4.78, 5) is 52.5. The van der Waals surface area contributed by atoms with Gasteiger partial charge in [-0.2, -0.15) is 13.2 Å². The number of amides is 5. The number of carbonyl (C=O) groups is 4. The largest absolute Gasteiger partial charge is 0.427 e. The summed E-state index contributed by atoms with van der Waals surface area (Å²) in [5.74, 6) is -1.78. The number of aryl methyl sites for hydroxylation is 2. The highest BCUT2D eigenvalue weighted by atomic mass is 19.4. The van der Waals surface area contributed by atoms with Crippen molar-refractivity contribution >= 4 is 29.6 Å². The summed E-state index contributed by atoms with van der Waals surface area (Å²) < 4.78 is 47.4. The van der Waals surface area contributed by atoms with Crippen molar-refractivity contribution in [3.8, 4) is 0 Å². The Balaban J connectivity index is 1.39. The molecule has 38 heavy (non-hydrogen) atoms. The Morgan fingerprint density at radius 3 is 2.53 bits per heavy atom.